The van der Waals surface area contributed by atoms with Crippen molar-refractivity contribution in [1.82, 2.24) is 4.98 Å². The summed E-state index contributed by atoms with van der Waals surface area (Å²) in [6.07, 6.45) is 6.02. The molecule has 0 aliphatic carbocycles. The van der Waals surface area contributed by atoms with Gasteiger partial charge >= 0.3 is 0 Å². The van der Waals surface area contributed by atoms with Crippen molar-refractivity contribution in [2.24, 2.45) is 5.92 Å². The number of nitrogens with zero attached hydrogens (tertiary/aromatic N) is 1. The number of nitrogens with one attached hydrogen (secondary N) is 1. The van der Waals surface area contributed by atoms with Gasteiger partial charge in [-0.1, -0.05) is 18.5 Å². The lowest BCUT2D eigenvalue weighted by Gasteiger charge is -2.18. The number of rotatable bonds is 4. The second-order valence-corrected chi connectivity index (χ2v) is 4.51. The van der Waals surface area contributed by atoms with Gasteiger partial charge in [0.2, 0.25) is 0 Å². The molecule has 1 N–H and O–H groups in total. The minimum Gasteiger partial charge on any atom is -0.383 e. The maximum atomic E-state index is 6.02. The molecule has 1 saturated heterocycles. The molecule has 2 atom stereocenters. The van der Waals surface area contributed by atoms with Crippen LogP contribution < -0.4 is 5.32 Å². The molecule has 2 heterocycles. The molecule has 0 bridgehead atoms. The summed E-state index contributed by atoms with van der Waals surface area (Å²) < 4.78 is 5.65. The highest BCUT2D eigenvalue weighted by atomic mass is 35.5. The van der Waals surface area contributed by atoms with Gasteiger partial charge in [0.05, 0.1) is 16.8 Å². The van der Waals surface area contributed by atoms with E-state index >= 15 is 0 Å². The van der Waals surface area contributed by atoms with Crippen molar-refractivity contribution in [1.29, 1.82) is 0 Å². The summed E-state index contributed by atoms with van der Waals surface area (Å²) in [7, 11) is 0. The molecular weight excluding hydrogens is 224 g/mol. The monoisotopic (exact) mass is 240 g/mol. The summed E-state index contributed by atoms with van der Waals surface area (Å²) in [6, 6.07) is 1.90. The van der Waals surface area contributed by atoms with Gasteiger partial charge in [0.1, 0.15) is 0 Å². The van der Waals surface area contributed by atoms with Crippen LogP contribution in [0, 0.1) is 5.92 Å². The number of hydrogen-bond acceptors (Lipinski definition) is 3. The summed E-state index contributed by atoms with van der Waals surface area (Å²) in [5.41, 5.74) is 0.957. The van der Waals surface area contributed by atoms with E-state index in [0.717, 1.165) is 31.7 Å². The van der Waals surface area contributed by atoms with Crippen LogP contribution in [0.5, 0.6) is 0 Å². The van der Waals surface area contributed by atoms with Crippen molar-refractivity contribution < 1.29 is 4.74 Å². The first-order chi connectivity index (χ1) is 7.81. The van der Waals surface area contributed by atoms with E-state index in [2.05, 4.69) is 17.2 Å². The fourth-order valence-electron chi connectivity index (χ4n) is 2.14. The van der Waals surface area contributed by atoms with Gasteiger partial charge in [0, 0.05) is 31.5 Å². The van der Waals surface area contributed by atoms with E-state index in [1.54, 1.807) is 12.4 Å². The zero-order valence-electron chi connectivity index (χ0n) is 9.45. The molecule has 2 unspecified atom stereocenters. The number of ether oxygens (including phenoxy) is 1. The molecule has 0 amide bonds. The topological polar surface area (TPSA) is 34.1 Å². The van der Waals surface area contributed by atoms with E-state index in [0.29, 0.717) is 17.0 Å². The molecule has 0 radical (unpaired) electrons. The molecule has 4 heteroatoms. The lowest BCUT2D eigenvalue weighted by atomic mass is 10.00. The number of halogens is 1. The molecule has 2 rings (SSSR count). The van der Waals surface area contributed by atoms with Crippen molar-refractivity contribution in [2.45, 2.75) is 25.9 Å². The average molecular weight is 241 g/mol. The highest BCUT2D eigenvalue weighted by Crippen LogP contribution is 2.25. The first kappa shape index (κ1) is 11.7. The minimum absolute atomic E-state index is 0.396. The summed E-state index contributed by atoms with van der Waals surface area (Å²) in [6.45, 7) is 3.97. The summed E-state index contributed by atoms with van der Waals surface area (Å²) >= 11 is 6.02. The molecule has 0 spiro atoms. The first-order valence-corrected chi connectivity index (χ1v) is 6.14. The van der Waals surface area contributed by atoms with Crippen LogP contribution in [-0.2, 0) is 4.74 Å². The third-order valence-corrected chi connectivity index (χ3v) is 3.38. The van der Waals surface area contributed by atoms with Gasteiger partial charge in [0.25, 0.3) is 0 Å². The van der Waals surface area contributed by atoms with Gasteiger partial charge in [-0.15, -0.1) is 0 Å². The molecular formula is C12H17ClN2O. The molecule has 3 nitrogen and oxygen atoms in total. The minimum atomic E-state index is 0.396. The van der Waals surface area contributed by atoms with E-state index in [4.69, 9.17) is 16.3 Å². The molecule has 1 fully saturated rings. The van der Waals surface area contributed by atoms with Crippen LogP contribution in [0.3, 0.4) is 0 Å². The Bertz CT molecular complexity index is 346. The first-order valence-electron chi connectivity index (χ1n) is 5.76. The van der Waals surface area contributed by atoms with Crippen molar-refractivity contribution in [3.8, 4) is 0 Å². The Balaban J connectivity index is 1.90. The van der Waals surface area contributed by atoms with Gasteiger partial charge < -0.3 is 10.1 Å². The van der Waals surface area contributed by atoms with Gasteiger partial charge in [-0.25, -0.2) is 0 Å². The van der Waals surface area contributed by atoms with Crippen molar-refractivity contribution in [2.75, 3.05) is 18.5 Å². The Morgan fingerprint density at radius 1 is 1.62 bits per heavy atom. The maximum Gasteiger partial charge on any atom is 0.0820 e. The molecule has 1 aliphatic rings. The maximum absolute atomic E-state index is 6.02. The van der Waals surface area contributed by atoms with Crippen molar-refractivity contribution in [3.63, 3.8) is 0 Å². The summed E-state index contributed by atoms with van der Waals surface area (Å²) in [5.74, 6) is 0.592. The van der Waals surface area contributed by atoms with E-state index < -0.39 is 0 Å². The zero-order chi connectivity index (χ0) is 11.4. The van der Waals surface area contributed by atoms with Crippen LogP contribution in [0.1, 0.15) is 19.8 Å². The van der Waals surface area contributed by atoms with Crippen LogP contribution in [-0.4, -0.2) is 24.2 Å². The molecule has 1 aliphatic heterocycles. The second-order valence-electron chi connectivity index (χ2n) is 4.10. The van der Waals surface area contributed by atoms with Gasteiger partial charge in [-0.2, -0.15) is 0 Å². The number of hydrogen-bond donors (Lipinski definition) is 1. The summed E-state index contributed by atoms with van der Waals surface area (Å²) in [4.78, 5) is 3.96. The number of anilines is 1. The Morgan fingerprint density at radius 3 is 3.25 bits per heavy atom. The Hall–Kier alpha value is -0.800. The van der Waals surface area contributed by atoms with Gasteiger partial charge in [-0.05, 0) is 18.9 Å². The van der Waals surface area contributed by atoms with E-state index in [-0.39, 0.29) is 0 Å². The SMILES string of the molecule is CCC1OCCC1CNc1ccncc1Cl. The molecule has 88 valence electrons. The van der Waals surface area contributed by atoms with Gasteiger partial charge in [0.15, 0.2) is 0 Å². The van der Waals surface area contributed by atoms with Crippen molar-refractivity contribution >= 4 is 17.3 Å². The molecule has 1 aromatic heterocycles. The Morgan fingerprint density at radius 2 is 2.50 bits per heavy atom. The highest BCUT2D eigenvalue weighted by molar-refractivity contribution is 6.33. The molecule has 1 aromatic rings. The number of aromatic nitrogens is 1. The summed E-state index contributed by atoms with van der Waals surface area (Å²) in [5, 5.41) is 4.04. The van der Waals surface area contributed by atoms with Crippen LogP contribution in [0.15, 0.2) is 18.5 Å². The fraction of sp³-hybridized carbons (Fsp3) is 0.583. The largest absolute Gasteiger partial charge is 0.383 e. The van der Waals surface area contributed by atoms with Crippen molar-refractivity contribution in [3.05, 3.63) is 23.5 Å². The molecule has 16 heavy (non-hydrogen) atoms. The Kier molecular flexibility index (Phi) is 4.02. The van der Waals surface area contributed by atoms with Crippen LogP contribution in [0.4, 0.5) is 5.69 Å². The van der Waals surface area contributed by atoms with E-state index in [1.165, 1.54) is 0 Å². The van der Waals surface area contributed by atoms with Gasteiger partial charge in [-0.3, -0.25) is 4.98 Å². The Labute approximate surface area is 101 Å². The van der Waals surface area contributed by atoms with Crippen LogP contribution in [0.25, 0.3) is 0 Å². The van der Waals surface area contributed by atoms with Crippen LogP contribution >= 0.6 is 11.6 Å². The van der Waals surface area contributed by atoms with E-state index in [1.807, 2.05) is 6.07 Å². The van der Waals surface area contributed by atoms with E-state index in [9.17, 15) is 0 Å². The highest BCUT2D eigenvalue weighted by Gasteiger charge is 2.26. The third-order valence-electron chi connectivity index (χ3n) is 3.08. The normalized spacial score (nSPS) is 24.6. The lowest BCUT2D eigenvalue weighted by Crippen LogP contribution is -2.22. The molecule has 0 saturated carbocycles. The quantitative estimate of drug-likeness (QED) is 0.879. The third kappa shape index (κ3) is 2.66. The predicted molar refractivity (Wildman–Crippen MR) is 65.9 cm³/mol. The standard InChI is InChI=1S/C12H17ClN2O/c1-2-12-9(4-6-16-12)7-15-11-3-5-14-8-10(11)13/h3,5,8-9,12H,2,4,6-7H2,1H3,(H,14,15). The fourth-order valence-corrected chi connectivity index (χ4v) is 2.32. The smallest absolute Gasteiger partial charge is 0.0820 e. The zero-order valence-corrected chi connectivity index (χ0v) is 10.2. The lowest BCUT2D eigenvalue weighted by molar-refractivity contribution is 0.0900. The average Bonchev–Trinajstić information content (AvgIpc) is 2.75. The predicted octanol–water partition coefficient (Wildman–Crippen LogP) is 2.96. The second kappa shape index (κ2) is 5.51. The molecule has 0 aromatic carbocycles. The van der Waals surface area contributed by atoms with Crippen LogP contribution in [0.2, 0.25) is 5.02 Å². The number of pyridine rings is 1.